The van der Waals surface area contributed by atoms with E-state index in [0.717, 1.165) is 24.1 Å². The molecule has 0 saturated carbocycles. The molecule has 1 N–H and O–H groups in total. The minimum atomic E-state index is 0.0160. The van der Waals surface area contributed by atoms with Gasteiger partial charge in [-0.3, -0.25) is 4.79 Å². The van der Waals surface area contributed by atoms with Crippen LogP contribution in [0, 0.1) is 11.5 Å². The van der Waals surface area contributed by atoms with Crippen LogP contribution in [0.4, 0.5) is 0 Å². The largest absolute Gasteiger partial charge is 0.351 e. The summed E-state index contributed by atoms with van der Waals surface area (Å²) in [5.74, 6) is 0.0160. The van der Waals surface area contributed by atoms with Crippen molar-refractivity contribution < 1.29 is 4.79 Å². The van der Waals surface area contributed by atoms with Crippen molar-refractivity contribution in [2.24, 2.45) is 0 Å². The standard InChI is InChI=1S/C19H19N3O/c20-14-22-11-10-18(13-22)21-19(23)12-15-6-8-17(9-7-15)16-4-2-1-3-5-16/h1-9,18H,10-13H2,(H,21,23). The summed E-state index contributed by atoms with van der Waals surface area (Å²) < 4.78 is 0. The minimum Gasteiger partial charge on any atom is -0.351 e. The van der Waals surface area contributed by atoms with Crippen molar-refractivity contribution in [2.75, 3.05) is 13.1 Å². The van der Waals surface area contributed by atoms with Crippen molar-refractivity contribution in [1.29, 1.82) is 5.26 Å². The highest BCUT2D eigenvalue weighted by Crippen LogP contribution is 2.19. The molecule has 0 aromatic heterocycles. The number of hydrogen-bond donors (Lipinski definition) is 1. The maximum atomic E-state index is 12.1. The first-order valence-electron chi connectivity index (χ1n) is 7.83. The molecule has 0 radical (unpaired) electrons. The zero-order valence-corrected chi connectivity index (χ0v) is 12.9. The lowest BCUT2D eigenvalue weighted by molar-refractivity contribution is -0.121. The lowest BCUT2D eigenvalue weighted by Crippen LogP contribution is -2.37. The number of amides is 1. The number of carbonyl (C=O) groups excluding carboxylic acids is 1. The molecule has 2 aromatic rings. The highest BCUT2D eigenvalue weighted by Gasteiger charge is 2.22. The van der Waals surface area contributed by atoms with Gasteiger partial charge in [-0.25, -0.2) is 0 Å². The van der Waals surface area contributed by atoms with Gasteiger partial charge in [-0.1, -0.05) is 54.6 Å². The lowest BCUT2D eigenvalue weighted by Gasteiger charge is -2.12. The van der Waals surface area contributed by atoms with Crippen molar-refractivity contribution in [2.45, 2.75) is 18.9 Å². The molecule has 1 heterocycles. The molecule has 0 aliphatic carbocycles. The van der Waals surface area contributed by atoms with Gasteiger partial charge in [0, 0.05) is 19.1 Å². The molecule has 1 unspecified atom stereocenters. The molecular weight excluding hydrogens is 286 g/mol. The second kappa shape index (κ2) is 6.97. The van der Waals surface area contributed by atoms with E-state index in [2.05, 4.69) is 23.6 Å². The molecule has 1 atom stereocenters. The van der Waals surface area contributed by atoms with E-state index in [1.165, 1.54) is 5.56 Å². The van der Waals surface area contributed by atoms with Crippen LogP contribution in [0.25, 0.3) is 11.1 Å². The van der Waals surface area contributed by atoms with Crippen molar-refractivity contribution >= 4 is 5.91 Å². The minimum absolute atomic E-state index is 0.0160. The zero-order valence-electron chi connectivity index (χ0n) is 12.9. The summed E-state index contributed by atoms with van der Waals surface area (Å²) >= 11 is 0. The van der Waals surface area contributed by atoms with Gasteiger partial charge in [0.1, 0.15) is 0 Å². The fourth-order valence-electron chi connectivity index (χ4n) is 2.88. The Morgan fingerprint density at radius 2 is 1.83 bits per heavy atom. The van der Waals surface area contributed by atoms with Crippen molar-refractivity contribution in [3.63, 3.8) is 0 Å². The Bertz CT molecular complexity index is 704. The Labute approximate surface area is 136 Å². The van der Waals surface area contributed by atoms with E-state index in [9.17, 15) is 4.79 Å². The van der Waals surface area contributed by atoms with Crippen LogP contribution >= 0.6 is 0 Å². The molecular formula is C19H19N3O. The Balaban J connectivity index is 1.56. The summed E-state index contributed by atoms with van der Waals surface area (Å²) in [6, 6.07) is 18.4. The number of carbonyl (C=O) groups is 1. The van der Waals surface area contributed by atoms with E-state index in [1.54, 1.807) is 4.90 Å². The van der Waals surface area contributed by atoms with E-state index in [0.29, 0.717) is 13.0 Å². The summed E-state index contributed by atoms with van der Waals surface area (Å²) in [7, 11) is 0. The van der Waals surface area contributed by atoms with Crippen LogP contribution in [-0.2, 0) is 11.2 Å². The Hall–Kier alpha value is -2.80. The SMILES string of the molecule is N#CN1CCC(NC(=O)Cc2ccc(-c3ccccc3)cc2)C1. The Morgan fingerprint density at radius 1 is 1.13 bits per heavy atom. The molecule has 4 heteroatoms. The molecule has 1 amide bonds. The van der Waals surface area contributed by atoms with Gasteiger partial charge in [-0.15, -0.1) is 0 Å². The average molecular weight is 305 g/mol. The number of nitrogens with zero attached hydrogens (tertiary/aromatic N) is 2. The molecule has 1 aliphatic heterocycles. The van der Waals surface area contributed by atoms with Gasteiger partial charge in [0.15, 0.2) is 6.19 Å². The summed E-state index contributed by atoms with van der Waals surface area (Å²) in [4.78, 5) is 13.8. The number of nitrogens with one attached hydrogen (secondary N) is 1. The van der Waals surface area contributed by atoms with Crippen LogP contribution in [0.15, 0.2) is 54.6 Å². The molecule has 1 aliphatic rings. The van der Waals surface area contributed by atoms with Crippen LogP contribution in [0.3, 0.4) is 0 Å². The summed E-state index contributed by atoms with van der Waals surface area (Å²) in [6.45, 7) is 1.35. The number of hydrogen-bond acceptors (Lipinski definition) is 3. The third-order valence-electron chi connectivity index (χ3n) is 4.12. The van der Waals surface area contributed by atoms with Gasteiger partial charge in [0.05, 0.1) is 6.42 Å². The van der Waals surface area contributed by atoms with Gasteiger partial charge in [-0.2, -0.15) is 5.26 Å². The highest BCUT2D eigenvalue weighted by atomic mass is 16.1. The summed E-state index contributed by atoms with van der Waals surface area (Å²) in [5, 5.41) is 11.8. The Morgan fingerprint density at radius 3 is 2.48 bits per heavy atom. The first-order chi connectivity index (χ1) is 11.2. The first-order valence-corrected chi connectivity index (χ1v) is 7.83. The maximum absolute atomic E-state index is 12.1. The van der Waals surface area contributed by atoms with Crippen molar-refractivity contribution in [3.05, 3.63) is 60.2 Å². The van der Waals surface area contributed by atoms with E-state index >= 15 is 0 Å². The molecule has 0 bridgehead atoms. The van der Waals surface area contributed by atoms with E-state index in [1.807, 2.05) is 42.5 Å². The predicted octanol–water partition coefficient (Wildman–Crippen LogP) is 2.57. The van der Waals surface area contributed by atoms with Crippen LogP contribution < -0.4 is 5.32 Å². The van der Waals surface area contributed by atoms with Crippen molar-refractivity contribution in [3.8, 4) is 17.3 Å². The normalized spacial score (nSPS) is 16.8. The predicted molar refractivity (Wildman–Crippen MR) is 89.3 cm³/mol. The zero-order chi connectivity index (χ0) is 16.1. The second-order valence-corrected chi connectivity index (χ2v) is 5.84. The molecule has 116 valence electrons. The molecule has 2 aromatic carbocycles. The van der Waals surface area contributed by atoms with Crippen LogP contribution in [0.5, 0.6) is 0 Å². The van der Waals surface area contributed by atoms with Gasteiger partial charge in [0.2, 0.25) is 5.91 Å². The number of nitriles is 1. The van der Waals surface area contributed by atoms with Gasteiger partial charge >= 0.3 is 0 Å². The monoisotopic (exact) mass is 305 g/mol. The Kier molecular flexibility index (Phi) is 4.58. The van der Waals surface area contributed by atoms with Crippen molar-refractivity contribution in [1.82, 2.24) is 10.2 Å². The van der Waals surface area contributed by atoms with Crippen LogP contribution in [0.2, 0.25) is 0 Å². The topological polar surface area (TPSA) is 56.1 Å². The maximum Gasteiger partial charge on any atom is 0.224 e. The summed E-state index contributed by atoms with van der Waals surface area (Å²) in [6.07, 6.45) is 3.33. The number of benzene rings is 2. The van der Waals surface area contributed by atoms with Crippen LogP contribution in [-0.4, -0.2) is 29.9 Å². The average Bonchev–Trinajstić information content (AvgIpc) is 3.04. The highest BCUT2D eigenvalue weighted by molar-refractivity contribution is 5.79. The van der Waals surface area contributed by atoms with Gasteiger partial charge in [-0.05, 0) is 23.1 Å². The molecule has 1 saturated heterocycles. The molecule has 23 heavy (non-hydrogen) atoms. The third kappa shape index (κ3) is 3.89. The van der Waals surface area contributed by atoms with Gasteiger partial charge in [0.25, 0.3) is 0 Å². The first kappa shape index (κ1) is 15.1. The molecule has 0 spiro atoms. The molecule has 3 rings (SSSR count). The van der Waals surface area contributed by atoms with Crippen LogP contribution in [0.1, 0.15) is 12.0 Å². The van der Waals surface area contributed by atoms with E-state index in [-0.39, 0.29) is 11.9 Å². The number of rotatable bonds is 4. The summed E-state index contributed by atoms with van der Waals surface area (Å²) in [5.41, 5.74) is 3.32. The number of likely N-dealkylation sites (tertiary alicyclic amines) is 1. The molecule has 1 fully saturated rings. The smallest absolute Gasteiger partial charge is 0.224 e. The second-order valence-electron chi connectivity index (χ2n) is 5.84. The fraction of sp³-hybridized carbons (Fsp3) is 0.263. The third-order valence-corrected chi connectivity index (χ3v) is 4.12. The van der Waals surface area contributed by atoms with E-state index < -0.39 is 0 Å². The lowest BCUT2D eigenvalue weighted by atomic mass is 10.0. The fourth-order valence-corrected chi connectivity index (χ4v) is 2.88. The van der Waals surface area contributed by atoms with E-state index in [4.69, 9.17) is 5.26 Å². The quantitative estimate of drug-likeness (QED) is 0.883. The van der Waals surface area contributed by atoms with Gasteiger partial charge < -0.3 is 10.2 Å². The molecule has 4 nitrogen and oxygen atoms in total.